The summed E-state index contributed by atoms with van der Waals surface area (Å²) in [7, 11) is -2.39. The molecule has 0 saturated heterocycles. The van der Waals surface area contributed by atoms with E-state index in [0.717, 1.165) is 21.7 Å². The first kappa shape index (κ1) is 31.0. The molecule has 2 atom stereocenters. The van der Waals surface area contributed by atoms with Crippen LogP contribution in [0.1, 0.15) is 31.4 Å². The molecule has 0 aliphatic heterocycles. The van der Waals surface area contributed by atoms with Crippen molar-refractivity contribution in [2.75, 3.05) is 24.2 Å². The maximum Gasteiger partial charge on any atom is 0.244 e. The minimum Gasteiger partial charge on any atom is -0.497 e. The van der Waals surface area contributed by atoms with Crippen molar-refractivity contribution in [3.05, 3.63) is 95.0 Å². The van der Waals surface area contributed by atoms with E-state index in [1.165, 1.54) is 12.0 Å². The second-order valence-corrected chi connectivity index (χ2v) is 12.0. The Morgan fingerprint density at radius 3 is 2.25 bits per heavy atom. The number of ether oxygens (including phenoxy) is 1. The lowest BCUT2D eigenvalue weighted by Gasteiger charge is -2.34. The van der Waals surface area contributed by atoms with E-state index in [1.54, 1.807) is 48.5 Å². The van der Waals surface area contributed by atoms with Crippen LogP contribution in [0.4, 0.5) is 5.69 Å². The molecule has 0 aliphatic carbocycles. The molecule has 1 N–H and O–H groups in total. The highest BCUT2D eigenvalue weighted by atomic mass is 35.5. The summed E-state index contributed by atoms with van der Waals surface area (Å²) < 4.78 is 32.1. The number of hydrogen-bond acceptors (Lipinski definition) is 5. The molecule has 214 valence electrons. The molecule has 0 fully saturated rings. The first-order valence-corrected chi connectivity index (χ1v) is 15.2. The molecular weight excluding hydrogens is 550 g/mol. The topological polar surface area (TPSA) is 96.0 Å². The summed E-state index contributed by atoms with van der Waals surface area (Å²) >= 11 is 6.09. The summed E-state index contributed by atoms with van der Waals surface area (Å²) in [4.78, 5) is 29.2. The highest BCUT2D eigenvalue weighted by Crippen LogP contribution is 2.24. The van der Waals surface area contributed by atoms with Crippen LogP contribution in [-0.4, -0.2) is 57.1 Å². The van der Waals surface area contributed by atoms with Crippen molar-refractivity contribution in [3.8, 4) is 5.75 Å². The van der Waals surface area contributed by atoms with E-state index in [1.807, 2.05) is 44.2 Å². The van der Waals surface area contributed by atoms with Crippen LogP contribution in [0.2, 0.25) is 5.02 Å². The van der Waals surface area contributed by atoms with E-state index in [9.17, 15) is 18.0 Å². The Morgan fingerprint density at radius 1 is 0.975 bits per heavy atom. The van der Waals surface area contributed by atoms with E-state index in [2.05, 4.69) is 5.32 Å². The van der Waals surface area contributed by atoms with Crippen LogP contribution in [0.5, 0.6) is 5.75 Å². The maximum absolute atomic E-state index is 14.1. The largest absolute Gasteiger partial charge is 0.497 e. The van der Waals surface area contributed by atoms with Crippen LogP contribution in [0.25, 0.3) is 0 Å². The molecule has 0 radical (unpaired) electrons. The van der Waals surface area contributed by atoms with Crippen molar-refractivity contribution in [1.82, 2.24) is 10.2 Å². The quantitative estimate of drug-likeness (QED) is 0.314. The molecule has 0 saturated carbocycles. The van der Waals surface area contributed by atoms with Gasteiger partial charge in [0.15, 0.2) is 0 Å². The number of halogens is 1. The third-order valence-electron chi connectivity index (χ3n) is 6.56. The Labute approximate surface area is 241 Å². The fourth-order valence-electron chi connectivity index (χ4n) is 4.16. The normalized spacial score (nSPS) is 12.7. The molecule has 0 bridgehead atoms. The van der Waals surface area contributed by atoms with E-state index in [-0.39, 0.29) is 30.6 Å². The lowest BCUT2D eigenvalue weighted by molar-refractivity contribution is -0.140. The molecule has 40 heavy (non-hydrogen) atoms. The van der Waals surface area contributed by atoms with Crippen molar-refractivity contribution in [2.45, 2.75) is 45.3 Å². The zero-order chi connectivity index (χ0) is 29.3. The molecule has 3 rings (SSSR count). The van der Waals surface area contributed by atoms with Gasteiger partial charge in [-0.3, -0.25) is 13.9 Å². The van der Waals surface area contributed by atoms with Gasteiger partial charge in [-0.05, 0) is 48.7 Å². The minimum absolute atomic E-state index is 0.0805. The molecule has 0 aromatic heterocycles. The molecule has 0 spiro atoms. The van der Waals surface area contributed by atoms with Crippen molar-refractivity contribution < 1.29 is 22.7 Å². The van der Waals surface area contributed by atoms with Crippen molar-refractivity contribution in [3.63, 3.8) is 0 Å². The predicted molar refractivity (Wildman–Crippen MR) is 159 cm³/mol. The van der Waals surface area contributed by atoms with Gasteiger partial charge in [-0.15, -0.1) is 0 Å². The van der Waals surface area contributed by atoms with E-state index >= 15 is 0 Å². The van der Waals surface area contributed by atoms with Crippen LogP contribution in [-0.2, 0) is 32.6 Å². The number of nitrogens with one attached hydrogen (secondary N) is 1. The molecule has 2 amide bonds. The molecule has 3 aromatic rings. The number of hydrogen-bond donors (Lipinski definition) is 1. The summed E-state index contributed by atoms with van der Waals surface area (Å²) in [5, 5.41) is 3.55. The molecular formula is C30H36ClN3O5S. The zero-order valence-electron chi connectivity index (χ0n) is 23.2. The SMILES string of the molecule is CC[C@@H](C)NC(=O)[C@@H](Cc1ccccc1)N(Cc1ccc(Cl)cc1)C(=O)CN(c1cccc(OC)c1)S(C)(=O)=O. The van der Waals surface area contributed by atoms with E-state index in [4.69, 9.17) is 16.3 Å². The summed E-state index contributed by atoms with van der Waals surface area (Å²) in [5.41, 5.74) is 1.90. The minimum atomic E-state index is -3.87. The van der Waals surface area contributed by atoms with Gasteiger partial charge in [0, 0.05) is 30.1 Å². The van der Waals surface area contributed by atoms with Crippen LogP contribution in [0.15, 0.2) is 78.9 Å². The van der Waals surface area contributed by atoms with Crippen molar-refractivity contribution in [1.29, 1.82) is 0 Å². The number of carbonyl (C=O) groups excluding carboxylic acids is 2. The van der Waals surface area contributed by atoms with Gasteiger partial charge in [0.2, 0.25) is 21.8 Å². The average Bonchev–Trinajstić information content (AvgIpc) is 2.94. The lowest BCUT2D eigenvalue weighted by atomic mass is 10.0. The number of amides is 2. The number of methoxy groups -OCH3 is 1. The number of benzene rings is 3. The van der Waals surface area contributed by atoms with Crippen LogP contribution in [0.3, 0.4) is 0 Å². The second-order valence-electron chi connectivity index (χ2n) is 9.64. The average molecular weight is 586 g/mol. The number of rotatable bonds is 13. The van der Waals surface area contributed by atoms with Crippen molar-refractivity contribution >= 4 is 39.1 Å². The number of carbonyl (C=O) groups is 2. The van der Waals surface area contributed by atoms with Crippen LogP contribution < -0.4 is 14.4 Å². The Balaban J connectivity index is 2.06. The lowest BCUT2D eigenvalue weighted by Crippen LogP contribution is -2.54. The molecule has 10 heteroatoms. The summed E-state index contributed by atoms with van der Waals surface area (Å²) in [6.07, 6.45) is 2.01. The fourth-order valence-corrected chi connectivity index (χ4v) is 5.13. The summed E-state index contributed by atoms with van der Waals surface area (Å²) in [6.45, 7) is 3.45. The fraction of sp³-hybridized carbons (Fsp3) is 0.333. The Kier molecular flexibility index (Phi) is 11.0. The molecule has 0 unspecified atom stereocenters. The predicted octanol–water partition coefficient (Wildman–Crippen LogP) is 4.67. The van der Waals surface area contributed by atoms with Gasteiger partial charge < -0.3 is 15.0 Å². The molecule has 8 nitrogen and oxygen atoms in total. The summed E-state index contributed by atoms with van der Waals surface area (Å²) in [6, 6.07) is 21.9. The first-order valence-electron chi connectivity index (χ1n) is 13.0. The Bertz CT molecular complexity index is 1380. The van der Waals surface area contributed by atoms with Crippen LogP contribution in [0, 0.1) is 0 Å². The Hall–Kier alpha value is -3.56. The van der Waals surface area contributed by atoms with Gasteiger partial charge in [0.25, 0.3) is 0 Å². The van der Waals surface area contributed by atoms with E-state index in [0.29, 0.717) is 17.2 Å². The van der Waals surface area contributed by atoms with Gasteiger partial charge in [-0.1, -0.05) is 67.1 Å². The first-order chi connectivity index (χ1) is 19.0. The third kappa shape index (κ3) is 8.72. The third-order valence-corrected chi connectivity index (χ3v) is 7.95. The van der Waals surface area contributed by atoms with Crippen molar-refractivity contribution in [2.24, 2.45) is 0 Å². The molecule has 0 aliphatic rings. The summed E-state index contributed by atoms with van der Waals surface area (Å²) in [5.74, 6) is -0.386. The van der Waals surface area contributed by atoms with Gasteiger partial charge in [0.1, 0.15) is 18.3 Å². The smallest absolute Gasteiger partial charge is 0.244 e. The van der Waals surface area contributed by atoms with Gasteiger partial charge >= 0.3 is 0 Å². The number of sulfonamides is 1. The van der Waals surface area contributed by atoms with Gasteiger partial charge in [-0.25, -0.2) is 8.42 Å². The maximum atomic E-state index is 14.1. The Morgan fingerprint density at radius 2 is 1.65 bits per heavy atom. The van der Waals surface area contributed by atoms with Gasteiger partial charge in [0.05, 0.1) is 19.1 Å². The second kappa shape index (κ2) is 14.2. The molecule has 3 aromatic carbocycles. The standard InChI is InChI=1S/C30H36ClN3O5S/c1-5-22(2)32-30(36)28(18-23-10-7-6-8-11-23)33(20-24-14-16-25(31)17-15-24)29(35)21-34(40(4,37)38)26-12-9-13-27(19-26)39-3/h6-17,19,22,28H,5,18,20-21H2,1-4H3,(H,32,36)/t22-,28-/m1/s1. The highest BCUT2D eigenvalue weighted by molar-refractivity contribution is 7.92. The number of nitrogens with zero attached hydrogens (tertiary/aromatic N) is 2. The monoisotopic (exact) mass is 585 g/mol. The van der Waals surface area contributed by atoms with Gasteiger partial charge in [-0.2, -0.15) is 0 Å². The van der Waals surface area contributed by atoms with Crippen LogP contribution >= 0.6 is 11.6 Å². The number of anilines is 1. The highest BCUT2D eigenvalue weighted by Gasteiger charge is 2.33. The zero-order valence-corrected chi connectivity index (χ0v) is 24.8. The van der Waals surface area contributed by atoms with E-state index < -0.39 is 28.5 Å². The molecule has 0 heterocycles.